The van der Waals surface area contributed by atoms with Crippen molar-refractivity contribution in [3.05, 3.63) is 48.3 Å². The molecule has 0 saturated carbocycles. The molecule has 0 aliphatic carbocycles. The lowest BCUT2D eigenvalue weighted by Crippen LogP contribution is -2.09. The molecule has 0 radical (unpaired) electrons. The summed E-state index contributed by atoms with van der Waals surface area (Å²) in [4.78, 5) is 15.2. The van der Waals surface area contributed by atoms with Gasteiger partial charge in [0.1, 0.15) is 5.69 Å². The number of hydrogen-bond acceptors (Lipinski definition) is 8. The van der Waals surface area contributed by atoms with E-state index in [0.29, 0.717) is 5.56 Å². The topological polar surface area (TPSA) is 124 Å². The Morgan fingerprint density at radius 3 is 2.50 bits per heavy atom. The van der Waals surface area contributed by atoms with Crippen LogP contribution < -0.4 is 11.1 Å². The molecule has 0 fully saturated rings. The number of anilines is 3. The molecule has 2 aromatic heterocycles. The van der Waals surface area contributed by atoms with Crippen molar-refractivity contribution in [1.29, 1.82) is 0 Å². The number of rotatable bonds is 4. The van der Waals surface area contributed by atoms with E-state index in [9.17, 15) is 21.6 Å². The molecule has 2 heterocycles. The van der Waals surface area contributed by atoms with Crippen molar-refractivity contribution in [2.45, 2.75) is 11.1 Å². The summed E-state index contributed by atoms with van der Waals surface area (Å²) in [5.41, 5.74) is 4.98. The highest BCUT2D eigenvalue weighted by Gasteiger charge is 2.32. The highest BCUT2D eigenvalue weighted by atomic mass is 32.2. The van der Waals surface area contributed by atoms with Gasteiger partial charge in [-0.15, -0.1) is 0 Å². The summed E-state index contributed by atoms with van der Waals surface area (Å²) >= 11 is 0. The maximum Gasteiger partial charge on any atom is 0.433 e. The van der Waals surface area contributed by atoms with Gasteiger partial charge >= 0.3 is 6.18 Å². The molecule has 146 valence electrons. The fourth-order valence-electron chi connectivity index (χ4n) is 2.24. The molecule has 0 atom stereocenters. The molecule has 0 aliphatic rings. The second-order valence-electron chi connectivity index (χ2n) is 5.69. The van der Waals surface area contributed by atoms with Gasteiger partial charge in [0.15, 0.2) is 15.7 Å². The minimum absolute atomic E-state index is 0.0451. The van der Waals surface area contributed by atoms with Crippen molar-refractivity contribution in [3.8, 4) is 11.4 Å². The predicted octanol–water partition coefficient (Wildman–Crippen LogP) is 2.68. The Kier molecular flexibility index (Phi) is 4.89. The smallest absolute Gasteiger partial charge is 0.368 e. The first-order valence-corrected chi connectivity index (χ1v) is 9.54. The molecule has 28 heavy (non-hydrogen) atoms. The van der Waals surface area contributed by atoms with Crippen molar-refractivity contribution < 1.29 is 21.6 Å². The number of benzene rings is 1. The van der Waals surface area contributed by atoms with E-state index in [-0.39, 0.29) is 28.3 Å². The minimum Gasteiger partial charge on any atom is -0.368 e. The number of nitrogens with one attached hydrogen (secondary N) is 1. The molecule has 8 nitrogen and oxygen atoms in total. The second-order valence-corrected chi connectivity index (χ2v) is 7.71. The maximum atomic E-state index is 12.8. The maximum absolute atomic E-state index is 12.8. The van der Waals surface area contributed by atoms with Gasteiger partial charge in [-0.2, -0.15) is 28.1 Å². The van der Waals surface area contributed by atoms with E-state index in [1.807, 2.05) is 0 Å². The Morgan fingerprint density at radius 1 is 1.07 bits per heavy atom. The third kappa shape index (κ3) is 4.52. The van der Waals surface area contributed by atoms with Crippen LogP contribution in [0.25, 0.3) is 11.4 Å². The summed E-state index contributed by atoms with van der Waals surface area (Å²) < 4.78 is 61.8. The fraction of sp³-hybridized carbons (Fsp3) is 0.125. The number of hydrogen-bond donors (Lipinski definition) is 2. The van der Waals surface area contributed by atoms with Gasteiger partial charge in [-0.05, 0) is 24.3 Å². The zero-order chi connectivity index (χ0) is 20.5. The van der Waals surface area contributed by atoms with E-state index < -0.39 is 21.7 Å². The van der Waals surface area contributed by atoms with Crippen LogP contribution in [-0.4, -0.2) is 34.6 Å². The van der Waals surface area contributed by atoms with Crippen LogP contribution in [0, 0.1) is 0 Å². The van der Waals surface area contributed by atoms with Gasteiger partial charge in [0.05, 0.1) is 4.90 Å². The number of alkyl halides is 3. The molecule has 0 spiro atoms. The van der Waals surface area contributed by atoms with Crippen molar-refractivity contribution in [2.24, 2.45) is 0 Å². The predicted molar refractivity (Wildman–Crippen MR) is 95.3 cm³/mol. The number of nitrogens with two attached hydrogens (primary N) is 1. The van der Waals surface area contributed by atoms with Gasteiger partial charge in [0.2, 0.25) is 11.9 Å². The lowest BCUT2D eigenvalue weighted by molar-refractivity contribution is -0.141. The molecular formula is C16H13F3N6O2S. The van der Waals surface area contributed by atoms with E-state index >= 15 is 0 Å². The Balaban J connectivity index is 1.97. The van der Waals surface area contributed by atoms with Gasteiger partial charge in [-0.25, -0.2) is 8.42 Å². The number of sulfone groups is 1. The molecular weight excluding hydrogens is 397 g/mol. The monoisotopic (exact) mass is 410 g/mol. The summed E-state index contributed by atoms with van der Waals surface area (Å²) in [6.45, 7) is 0. The zero-order valence-corrected chi connectivity index (χ0v) is 15.1. The van der Waals surface area contributed by atoms with Gasteiger partial charge < -0.3 is 11.1 Å². The average molecular weight is 410 g/mol. The molecule has 1 aromatic carbocycles. The number of halogens is 3. The molecule has 0 saturated heterocycles. The standard InChI is InChI=1S/C16H13F3N6O2S/c1-28(26,27)11-4-2-3-9(7-11)13-23-14(20)25-15(24-13)22-10-5-6-21-12(8-10)16(17,18)19/h2-8H,1H3,(H3,20,21,22,23,24,25). The summed E-state index contributed by atoms with van der Waals surface area (Å²) in [5.74, 6) is -0.237. The van der Waals surface area contributed by atoms with Gasteiger partial charge in [-0.3, -0.25) is 4.98 Å². The number of aromatic nitrogens is 4. The van der Waals surface area contributed by atoms with Crippen molar-refractivity contribution in [1.82, 2.24) is 19.9 Å². The molecule has 12 heteroatoms. The van der Waals surface area contributed by atoms with Crippen molar-refractivity contribution in [2.75, 3.05) is 17.3 Å². The Hall–Kier alpha value is -3.28. The quantitative estimate of drug-likeness (QED) is 0.673. The van der Waals surface area contributed by atoms with Gasteiger partial charge in [0.25, 0.3) is 0 Å². The van der Waals surface area contributed by atoms with E-state index in [1.54, 1.807) is 6.07 Å². The second kappa shape index (κ2) is 7.03. The van der Waals surface area contributed by atoms with Crippen LogP contribution in [0.15, 0.2) is 47.5 Å². The largest absolute Gasteiger partial charge is 0.433 e. The summed E-state index contributed by atoms with van der Waals surface area (Å²) in [7, 11) is -3.45. The molecule has 0 unspecified atom stereocenters. The van der Waals surface area contributed by atoms with Crippen molar-refractivity contribution >= 4 is 27.4 Å². The van der Waals surface area contributed by atoms with Gasteiger partial charge in [0, 0.05) is 23.7 Å². The number of nitrogen functional groups attached to an aromatic ring is 1. The summed E-state index contributed by atoms with van der Waals surface area (Å²) in [6, 6.07) is 7.96. The molecule has 0 aliphatic heterocycles. The fourth-order valence-corrected chi connectivity index (χ4v) is 2.90. The molecule has 3 N–H and O–H groups in total. The Morgan fingerprint density at radius 2 is 1.82 bits per heavy atom. The van der Waals surface area contributed by atoms with E-state index in [4.69, 9.17) is 5.73 Å². The zero-order valence-electron chi connectivity index (χ0n) is 14.3. The summed E-state index contributed by atoms with van der Waals surface area (Å²) in [5, 5.41) is 2.61. The third-order valence-corrected chi connectivity index (χ3v) is 4.59. The lowest BCUT2D eigenvalue weighted by atomic mass is 10.2. The molecule has 0 amide bonds. The van der Waals surface area contributed by atoms with E-state index in [2.05, 4.69) is 25.3 Å². The van der Waals surface area contributed by atoms with E-state index in [1.165, 1.54) is 24.3 Å². The SMILES string of the molecule is CS(=O)(=O)c1cccc(-c2nc(N)nc(Nc3ccnc(C(F)(F)F)c3)n2)c1. The van der Waals surface area contributed by atoms with E-state index in [0.717, 1.165) is 18.5 Å². The van der Waals surface area contributed by atoms with Crippen LogP contribution in [0.1, 0.15) is 5.69 Å². The first kappa shape index (κ1) is 19.5. The van der Waals surface area contributed by atoms with Crippen LogP contribution in [-0.2, 0) is 16.0 Å². The minimum atomic E-state index is -4.60. The highest BCUT2D eigenvalue weighted by Crippen LogP contribution is 2.29. The van der Waals surface area contributed by atoms with Crippen LogP contribution >= 0.6 is 0 Å². The first-order chi connectivity index (χ1) is 13.0. The van der Waals surface area contributed by atoms with Crippen LogP contribution in [0.5, 0.6) is 0 Å². The highest BCUT2D eigenvalue weighted by molar-refractivity contribution is 7.90. The molecule has 3 rings (SSSR count). The first-order valence-electron chi connectivity index (χ1n) is 7.65. The van der Waals surface area contributed by atoms with Crippen molar-refractivity contribution in [3.63, 3.8) is 0 Å². The molecule has 3 aromatic rings. The number of pyridine rings is 1. The Bertz CT molecular complexity index is 1140. The normalized spacial score (nSPS) is 12.0. The van der Waals surface area contributed by atoms with Crippen LogP contribution in [0.2, 0.25) is 0 Å². The Labute approximate surface area is 157 Å². The molecule has 0 bridgehead atoms. The van der Waals surface area contributed by atoms with Crippen LogP contribution in [0.4, 0.5) is 30.8 Å². The van der Waals surface area contributed by atoms with Crippen LogP contribution in [0.3, 0.4) is 0 Å². The van der Waals surface area contributed by atoms with Gasteiger partial charge in [-0.1, -0.05) is 12.1 Å². The lowest BCUT2D eigenvalue weighted by Gasteiger charge is -2.10. The third-order valence-electron chi connectivity index (χ3n) is 3.48. The number of nitrogens with zero attached hydrogens (tertiary/aromatic N) is 4. The summed E-state index contributed by atoms with van der Waals surface area (Å²) in [6.07, 6.45) is -2.55. The average Bonchev–Trinajstić information content (AvgIpc) is 2.60.